The summed E-state index contributed by atoms with van der Waals surface area (Å²) < 4.78 is 51.1. The summed E-state index contributed by atoms with van der Waals surface area (Å²) in [6.45, 7) is 8.09. The number of carbonyl (C=O) groups is 2. The summed E-state index contributed by atoms with van der Waals surface area (Å²) in [4.78, 5) is 43.5. The summed E-state index contributed by atoms with van der Waals surface area (Å²) in [7, 11) is -8.13. The van der Waals surface area contributed by atoms with Gasteiger partial charge < -0.3 is 47.6 Å². The van der Waals surface area contributed by atoms with Crippen LogP contribution in [-0.2, 0) is 68.0 Å². The van der Waals surface area contributed by atoms with Crippen molar-refractivity contribution in [3.8, 4) is 0 Å². The van der Waals surface area contributed by atoms with Gasteiger partial charge in [0.1, 0.15) is 26.4 Å². The van der Waals surface area contributed by atoms with E-state index in [0.717, 1.165) is 77.0 Å². The van der Waals surface area contributed by atoms with Gasteiger partial charge in [0.05, 0.1) is 26.4 Å². The van der Waals surface area contributed by atoms with E-state index in [0.29, 0.717) is 0 Å². The Kier molecular flexibility index (Phi) is 53.8. The van der Waals surface area contributed by atoms with Gasteiger partial charge in [0.15, 0.2) is 0 Å². The number of unbranched alkanes of at least 4 members (excludes halogenated alkanes) is 20. The maximum atomic E-state index is 11.5. The molecule has 0 aliphatic carbocycles. The zero-order valence-electron chi connectivity index (χ0n) is 34.8. The Hall–Kier alpha value is -0.206. The number of carbonyl (C=O) groups excluding carboxylic acids is 2. The Bertz CT molecular complexity index is 787. The summed E-state index contributed by atoms with van der Waals surface area (Å²) in [5.74, 6) is -1.56. The van der Waals surface area contributed by atoms with Gasteiger partial charge in [-0.3, -0.25) is 9.13 Å². The van der Waals surface area contributed by atoms with E-state index in [1.807, 2.05) is 0 Å². The van der Waals surface area contributed by atoms with Gasteiger partial charge >= 0.3 is 33.7 Å². The fourth-order valence-electron chi connectivity index (χ4n) is 4.71. The second-order valence-electron chi connectivity index (χ2n) is 13.1. The molecule has 0 saturated heterocycles. The second-order valence-corrected chi connectivity index (χ2v) is 15.9. The van der Waals surface area contributed by atoms with Gasteiger partial charge in [-0.2, -0.15) is 0 Å². The van der Waals surface area contributed by atoms with Gasteiger partial charge in [-0.25, -0.2) is 9.59 Å². The average Bonchev–Trinajstić information content (AvgIpc) is 3.15. The van der Waals surface area contributed by atoms with Crippen LogP contribution in [0, 0.1) is 0 Å². The van der Waals surface area contributed by atoms with Gasteiger partial charge in [-0.05, 0) is 25.7 Å². The zero-order valence-corrected chi connectivity index (χ0v) is 38.2. The van der Waals surface area contributed by atoms with E-state index in [9.17, 15) is 28.5 Å². The first kappa shape index (κ1) is 61.5. The van der Waals surface area contributed by atoms with Gasteiger partial charge in [0.2, 0.25) is 0 Å². The van der Waals surface area contributed by atoms with Crippen molar-refractivity contribution in [1.29, 1.82) is 0 Å². The van der Waals surface area contributed by atoms with E-state index < -0.39 is 40.8 Å². The number of phosphoric acid groups is 2. The molecule has 0 bridgehead atoms. The van der Waals surface area contributed by atoms with E-state index in [1.54, 1.807) is 0 Å². The monoisotopic (exact) mass is 868 g/mol. The van der Waals surface area contributed by atoms with Crippen molar-refractivity contribution < 1.29 is 88.0 Å². The molecule has 0 aromatic carbocycles. The molecular weight excluding hydrogens is 790 g/mol. The summed E-state index contributed by atoms with van der Waals surface area (Å²) in [5, 5.41) is 16.3. The molecule has 0 spiro atoms. The van der Waals surface area contributed by atoms with Crippen molar-refractivity contribution in [2.45, 2.75) is 182 Å². The van der Waals surface area contributed by atoms with Crippen LogP contribution in [0.4, 0.5) is 0 Å². The number of aliphatic hydroxyl groups is 2. The number of hydrogen-bond acceptors (Lipinski definition) is 14. The minimum atomic E-state index is -4.07. The van der Waals surface area contributed by atoms with E-state index in [1.165, 1.54) is 77.0 Å². The number of ether oxygens (including phenoxy) is 2. The molecule has 0 aromatic rings. The van der Waals surface area contributed by atoms with Crippen LogP contribution in [0.2, 0.25) is 0 Å². The number of esters is 2. The molecule has 17 heteroatoms. The zero-order chi connectivity index (χ0) is 41.0. The molecule has 328 valence electrons. The SMILES string of the molecule is CCCCCCCCOP(=O)([O-])OCCCCCCCC.CCCCCCCCOP(=O)([O-])OCCCCCCCC.O=C(CO)OCCOC(=O)CO.[Ti+2]. The number of aliphatic hydroxyl groups excluding tert-OH is 2. The standard InChI is InChI=1S/2C16H35O4P.C6H10O6.Ti/c2*1-3-5-7-9-11-13-15-19-21(17,18)20-16-14-12-10-8-6-4-2;7-3-5(9)11-1-2-12-6(10)4-8;/h2*3-16H2,1-2H3,(H,17,18);7-8H,1-4H2;/q;;;+2/p-2. The molecule has 0 rings (SSSR count). The fourth-order valence-corrected chi connectivity index (χ4v) is 6.27. The third-order valence-corrected chi connectivity index (χ3v) is 9.85. The Balaban J connectivity index is -0.000000365. The number of rotatable bonds is 37. The number of hydrogen-bond donors (Lipinski definition) is 2. The molecule has 2 N–H and O–H groups in total. The average molecular weight is 869 g/mol. The maximum absolute atomic E-state index is 11.5. The molecule has 0 aromatic heterocycles. The van der Waals surface area contributed by atoms with Gasteiger partial charge in [0.25, 0.3) is 15.6 Å². The molecule has 0 heterocycles. The van der Waals surface area contributed by atoms with Crippen molar-refractivity contribution in [3.63, 3.8) is 0 Å². The minimum Gasteiger partial charge on any atom is -0.756 e. The van der Waals surface area contributed by atoms with Crippen molar-refractivity contribution in [2.24, 2.45) is 0 Å². The minimum absolute atomic E-state index is 0. The Morgan fingerprint density at radius 1 is 0.400 bits per heavy atom. The van der Waals surface area contributed by atoms with Crippen molar-refractivity contribution >= 4 is 27.6 Å². The van der Waals surface area contributed by atoms with Crippen LogP contribution < -0.4 is 9.79 Å². The van der Waals surface area contributed by atoms with Gasteiger partial charge in [-0.15, -0.1) is 0 Å². The van der Waals surface area contributed by atoms with Crippen LogP contribution in [0.1, 0.15) is 182 Å². The summed E-state index contributed by atoms with van der Waals surface area (Å²) in [6, 6.07) is 0. The molecule has 0 aliphatic rings. The quantitative estimate of drug-likeness (QED) is 0.0260. The Labute approximate surface area is 349 Å². The van der Waals surface area contributed by atoms with Crippen molar-refractivity contribution in [2.75, 3.05) is 52.9 Å². The predicted molar refractivity (Wildman–Crippen MR) is 209 cm³/mol. The van der Waals surface area contributed by atoms with Crippen molar-refractivity contribution in [3.05, 3.63) is 0 Å². The van der Waals surface area contributed by atoms with Crippen molar-refractivity contribution in [1.82, 2.24) is 0 Å². The van der Waals surface area contributed by atoms with Crippen LogP contribution in [0.25, 0.3) is 0 Å². The van der Waals surface area contributed by atoms with E-state index in [4.69, 9.17) is 28.3 Å². The van der Waals surface area contributed by atoms with Gasteiger partial charge in [0, 0.05) is 0 Å². The summed E-state index contributed by atoms with van der Waals surface area (Å²) in [5.41, 5.74) is 0. The molecule has 0 fully saturated rings. The predicted octanol–water partition coefficient (Wildman–Crippen LogP) is 8.47. The first-order valence-electron chi connectivity index (χ1n) is 20.7. The molecule has 0 amide bonds. The topological polar surface area (TPSA) is 210 Å². The molecular formula is C38H78O14P2Ti. The molecule has 0 radical (unpaired) electrons. The first-order chi connectivity index (χ1) is 25.9. The number of phosphoric ester groups is 2. The maximum Gasteiger partial charge on any atom is 2.00 e. The van der Waals surface area contributed by atoms with Crippen LogP contribution in [-0.4, -0.2) is 75.0 Å². The smallest absolute Gasteiger partial charge is 0.756 e. The normalized spacial score (nSPS) is 11.1. The molecule has 0 unspecified atom stereocenters. The molecule has 55 heavy (non-hydrogen) atoms. The van der Waals surface area contributed by atoms with Crippen LogP contribution >= 0.6 is 15.6 Å². The van der Waals surface area contributed by atoms with Crippen LogP contribution in [0.15, 0.2) is 0 Å². The largest absolute Gasteiger partial charge is 2.00 e. The summed E-state index contributed by atoms with van der Waals surface area (Å²) in [6.07, 6.45) is 26.6. The fraction of sp³-hybridized carbons (Fsp3) is 0.947. The molecule has 0 saturated carbocycles. The van der Waals surface area contributed by atoms with E-state index in [-0.39, 0.29) is 61.4 Å². The molecule has 0 atom stereocenters. The van der Waals surface area contributed by atoms with E-state index >= 15 is 0 Å². The molecule has 14 nitrogen and oxygen atoms in total. The van der Waals surface area contributed by atoms with Crippen LogP contribution in [0.3, 0.4) is 0 Å². The first-order valence-corrected chi connectivity index (χ1v) is 23.6. The third kappa shape index (κ3) is 55.9. The Morgan fingerprint density at radius 2 is 0.600 bits per heavy atom. The summed E-state index contributed by atoms with van der Waals surface area (Å²) >= 11 is 0. The third-order valence-electron chi connectivity index (χ3n) is 7.86. The Morgan fingerprint density at radius 3 is 0.800 bits per heavy atom. The molecule has 0 aliphatic heterocycles. The van der Waals surface area contributed by atoms with E-state index in [2.05, 4.69) is 37.2 Å². The second kappa shape index (κ2) is 48.2. The van der Waals surface area contributed by atoms with Gasteiger partial charge in [-0.1, -0.05) is 156 Å². The van der Waals surface area contributed by atoms with Crippen LogP contribution in [0.5, 0.6) is 0 Å².